The number of phenols is 1. The molecule has 2 aromatic carbocycles. The molecule has 0 aliphatic carbocycles. The number of rotatable bonds is 2. The Morgan fingerprint density at radius 3 is 2.44 bits per heavy atom. The van der Waals surface area contributed by atoms with Gasteiger partial charge in [-0.3, -0.25) is 4.79 Å². The predicted octanol–water partition coefficient (Wildman–Crippen LogP) is 4.17. The average Bonchev–Trinajstić information content (AvgIpc) is 2.34. The Kier molecular flexibility index (Phi) is 4.04. The molecule has 0 saturated carbocycles. The fourth-order valence-electron chi connectivity index (χ4n) is 1.44. The minimum Gasteiger partial charge on any atom is -0.507 e. The maximum atomic E-state index is 11.9. The molecule has 0 heterocycles. The zero-order chi connectivity index (χ0) is 13.1. The number of amides is 1. The van der Waals surface area contributed by atoms with Crippen LogP contribution in [-0.4, -0.2) is 11.0 Å². The number of benzene rings is 2. The molecule has 2 aromatic rings. The van der Waals surface area contributed by atoms with E-state index in [-0.39, 0.29) is 17.2 Å². The normalized spacial score (nSPS) is 10.1. The highest BCUT2D eigenvalue weighted by Gasteiger charge is 2.10. The number of phenolic OH excluding ortho intramolecular Hbond substituents is 1. The summed E-state index contributed by atoms with van der Waals surface area (Å²) in [6.45, 7) is 0. The monoisotopic (exact) mass is 369 g/mol. The number of aromatic hydroxyl groups is 1. The highest BCUT2D eigenvalue weighted by atomic mass is 79.9. The van der Waals surface area contributed by atoms with Crippen LogP contribution in [0.3, 0.4) is 0 Å². The van der Waals surface area contributed by atoms with E-state index >= 15 is 0 Å². The molecular formula is C13H9Br2NO2. The van der Waals surface area contributed by atoms with E-state index in [0.29, 0.717) is 5.69 Å². The molecule has 2 N–H and O–H groups in total. The highest BCUT2D eigenvalue weighted by molar-refractivity contribution is 9.13. The largest absolute Gasteiger partial charge is 0.507 e. The Morgan fingerprint density at radius 1 is 1.06 bits per heavy atom. The molecule has 0 aromatic heterocycles. The highest BCUT2D eigenvalue weighted by Crippen LogP contribution is 2.26. The van der Waals surface area contributed by atoms with Crippen molar-refractivity contribution in [3.8, 4) is 5.75 Å². The van der Waals surface area contributed by atoms with Crippen molar-refractivity contribution in [2.45, 2.75) is 0 Å². The molecule has 2 rings (SSSR count). The van der Waals surface area contributed by atoms with Gasteiger partial charge in [0.1, 0.15) is 5.75 Å². The van der Waals surface area contributed by atoms with Gasteiger partial charge in [0.15, 0.2) is 0 Å². The van der Waals surface area contributed by atoms with E-state index in [4.69, 9.17) is 0 Å². The van der Waals surface area contributed by atoms with E-state index in [2.05, 4.69) is 37.2 Å². The van der Waals surface area contributed by atoms with Crippen LogP contribution in [0, 0.1) is 0 Å². The molecule has 5 heteroatoms. The quantitative estimate of drug-likeness (QED) is 0.833. The van der Waals surface area contributed by atoms with Gasteiger partial charge in [-0.1, -0.05) is 12.1 Å². The molecule has 1 amide bonds. The fourth-order valence-corrected chi connectivity index (χ4v) is 2.06. The molecule has 0 spiro atoms. The lowest BCUT2D eigenvalue weighted by Gasteiger charge is -2.07. The van der Waals surface area contributed by atoms with Crippen LogP contribution in [0.5, 0.6) is 5.75 Å². The minimum atomic E-state index is -0.345. The molecule has 0 fully saturated rings. The van der Waals surface area contributed by atoms with E-state index < -0.39 is 0 Å². The second-order valence-electron chi connectivity index (χ2n) is 3.60. The van der Waals surface area contributed by atoms with Gasteiger partial charge < -0.3 is 10.4 Å². The number of halogens is 2. The number of carbonyl (C=O) groups is 1. The second-order valence-corrected chi connectivity index (χ2v) is 5.31. The molecule has 0 bridgehead atoms. The van der Waals surface area contributed by atoms with E-state index in [9.17, 15) is 9.90 Å². The van der Waals surface area contributed by atoms with Crippen LogP contribution in [0.25, 0.3) is 0 Å². The van der Waals surface area contributed by atoms with Crippen LogP contribution in [0.15, 0.2) is 51.4 Å². The maximum absolute atomic E-state index is 11.9. The van der Waals surface area contributed by atoms with Crippen molar-refractivity contribution in [2.24, 2.45) is 0 Å². The molecular weight excluding hydrogens is 362 g/mol. The zero-order valence-corrected chi connectivity index (χ0v) is 12.3. The number of nitrogens with one attached hydrogen (secondary N) is 1. The van der Waals surface area contributed by atoms with Crippen LogP contribution in [0.2, 0.25) is 0 Å². The Balaban J connectivity index is 2.22. The first-order valence-electron chi connectivity index (χ1n) is 5.12. The first-order chi connectivity index (χ1) is 8.58. The topological polar surface area (TPSA) is 49.3 Å². The maximum Gasteiger partial charge on any atom is 0.259 e. The van der Waals surface area contributed by atoms with Crippen LogP contribution in [0.4, 0.5) is 5.69 Å². The van der Waals surface area contributed by atoms with Gasteiger partial charge >= 0.3 is 0 Å². The Bertz CT molecular complexity index is 599. The number of anilines is 1. The number of hydrogen-bond acceptors (Lipinski definition) is 2. The van der Waals surface area contributed by atoms with Crippen molar-refractivity contribution < 1.29 is 9.90 Å². The van der Waals surface area contributed by atoms with Gasteiger partial charge in [0, 0.05) is 14.6 Å². The van der Waals surface area contributed by atoms with Crippen LogP contribution >= 0.6 is 31.9 Å². The van der Waals surface area contributed by atoms with Gasteiger partial charge in [0.2, 0.25) is 0 Å². The van der Waals surface area contributed by atoms with Crippen LogP contribution in [-0.2, 0) is 0 Å². The summed E-state index contributed by atoms with van der Waals surface area (Å²) in [4.78, 5) is 11.9. The lowest BCUT2D eigenvalue weighted by Crippen LogP contribution is -2.11. The molecule has 92 valence electrons. The van der Waals surface area contributed by atoms with E-state index in [0.717, 1.165) is 8.95 Å². The Labute approximate surface area is 121 Å². The fraction of sp³-hybridized carbons (Fsp3) is 0. The molecule has 0 radical (unpaired) electrons. The second kappa shape index (κ2) is 5.54. The van der Waals surface area contributed by atoms with Gasteiger partial charge in [-0.15, -0.1) is 0 Å². The molecule has 0 aliphatic heterocycles. The summed E-state index contributed by atoms with van der Waals surface area (Å²) in [6, 6.07) is 11.8. The summed E-state index contributed by atoms with van der Waals surface area (Å²) in [5, 5.41) is 12.3. The van der Waals surface area contributed by atoms with Gasteiger partial charge in [-0.05, 0) is 62.2 Å². The molecule has 0 unspecified atom stereocenters. The summed E-state index contributed by atoms with van der Waals surface area (Å²) in [5.41, 5.74) is 0.898. The number of carbonyl (C=O) groups excluding carboxylic acids is 1. The smallest absolute Gasteiger partial charge is 0.259 e. The molecule has 0 atom stereocenters. The summed E-state index contributed by atoms with van der Waals surface area (Å²) < 4.78 is 1.75. The predicted molar refractivity (Wildman–Crippen MR) is 77.9 cm³/mol. The van der Waals surface area contributed by atoms with Crippen molar-refractivity contribution in [1.82, 2.24) is 0 Å². The third-order valence-electron chi connectivity index (χ3n) is 2.33. The standard InChI is InChI=1S/C13H9Br2NO2/c14-10-6-5-8(7-11(10)15)16-13(18)9-3-1-2-4-12(9)17/h1-7,17H,(H,16,18). The molecule has 18 heavy (non-hydrogen) atoms. The summed E-state index contributed by atoms with van der Waals surface area (Å²) in [7, 11) is 0. The van der Waals surface area contributed by atoms with Gasteiger partial charge in [-0.25, -0.2) is 0 Å². The van der Waals surface area contributed by atoms with Crippen molar-refractivity contribution in [1.29, 1.82) is 0 Å². The SMILES string of the molecule is O=C(Nc1ccc(Br)c(Br)c1)c1ccccc1O. The van der Waals surface area contributed by atoms with Crippen LogP contribution < -0.4 is 5.32 Å². The third kappa shape index (κ3) is 2.91. The third-order valence-corrected chi connectivity index (χ3v) is 4.21. The van der Waals surface area contributed by atoms with Crippen molar-refractivity contribution in [2.75, 3.05) is 5.32 Å². The van der Waals surface area contributed by atoms with E-state index in [1.54, 1.807) is 30.3 Å². The molecule has 0 aliphatic rings. The van der Waals surface area contributed by atoms with E-state index in [1.807, 2.05) is 6.07 Å². The summed E-state index contributed by atoms with van der Waals surface area (Å²) >= 11 is 6.71. The van der Waals surface area contributed by atoms with E-state index in [1.165, 1.54) is 6.07 Å². The lowest BCUT2D eigenvalue weighted by molar-refractivity contribution is 0.102. The Hall–Kier alpha value is -1.33. The van der Waals surface area contributed by atoms with Gasteiger partial charge in [0.25, 0.3) is 5.91 Å². The average molecular weight is 371 g/mol. The van der Waals surface area contributed by atoms with Crippen molar-refractivity contribution in [3.63, 3.8) is 0 Å². The number of para-hydroxylation sites is 1. The Morgan fingerprint density at radius 2 is 1.78 bits per heavy atom. The minimum absolute atomic E-state index is 0.0359. The lowest BCUT2D eigenvalue weighted by atomic mass is 10.2. The van der Waals surface area contributed by atoms with Crippen LogP contribution in [0.1, 0.15) is 10.4 Å². The summed E-state index contributed by atoms with van der Waals surface area (Å²) in [5.74, 6) is -0.381. The first kappa shape index (κ1) is 13.1. The number of hydrogen-bond donors (Lipinski definition) is 2. The zero-order valence-electron chi connectivity index (χ0n) is 9.15. The molecule has 0 saturated heterocycles. The van der Waals surface area contributed by atoms with Gasteiger partial charge in [0.05, 0.1) is 5.56 Å². The van der Waals surface area contributed by atoms with Gasteiger partial charge in [-0.2, -0.15) is 0 Å². The first-order valence-corrected chi connectivity index (χ1v) is 6.71. The van der Waals surface area contributed by atoms with Crippen molar-refractivity contribution >= 4 is 43.5 Å². The van der Waals surface area contributed by atoms with Crippen molar-refractivity contribution in [3.05, 3.63) is 57.0 Å². The molecule has 3 nitrogen and oxygen atoms in total. The summed E-state index contributed by atoms with van der Waals surface area (Å²) in [6.07, 6.45) is 0.